The zero-order valence-electron chi connectivity index (χ0n) is 15.9. The van der Waals surface area contributed by atoms with Gasteiger partial charge in [0.1, 0.15) is 12.4 Å². The summed E-state index contributed by atoms with van der Waals surface area (Å²) in [4.78, 5) is 4.89. The van der Waals surface area contributed by atoms with E-state index < -0.39 is 0 Å². The molecule has 0 unspecified atom stereocenters. The molecule has 0 heterocycles. The van der Waals surface area contributed by atoms with E-state index in [-0.39, 0.29) is 0 Å². The van der Waals surface area contributed by atoms with E-state index in [4.69, 9.17) is 9.47 Å². The van der Waals surface area contributed by atoms with Crippen LogP contribution in [0.15, 0.2) is 24.3 Å². The van der Waals surface area contributed by atoms with Gasteiger partial charge in [-0.15, -0.1) is 0 Å². The van der Waals surface area contributed by atoms with Crippen LogP contribution in [0, 0.1) is 0 Å². The van der Waals surface area contributed by atoms with Crippen molar-refractivity contribution < 1.29 is 9.47 Å². The van der Waals surface area contributed by atoms with Crippen molar-refractivity contribution in [1.29, 1.82) is 0 Å². The standard InChI is InChI=1S/C19H35N3O2/c1-5-12-21(3)14-15-22(6-2)13-11-20-18-7-9-19(10-8-18)24-17-16-23-4/h7-10,20H,5-6,11-17H2,1-4H3. The number of benzene rings is 1. The molecule has 1 rings (SSSR count). The smallest absolute Gasteiger partial charge is 0.119 e. The van der Waals surface area contributed by atoms with E-state index in [1.165, 1.54) is 13.0 Å². The van der Waals surface area contributed by atoms with E-state index in [1.54, 1.807) is 7.11 Å². The Kier molecular flexibility index (Phi) is 11.3. The summed E-state index contributed by atoms with van der Waals surface area (Å²) < 4.78 is 10.5. The summed E-state index contributed by atoms with van der Waals surface area (Å²) in [6, 6.07) is 8.12. The first-order valence-electron chi connectivity index (χ1n) is 9.06. The minimum absolute atomic E-state index is 0.585. The van der Waals surface area contributed by atoms with Crippen molar-refractivity contribution in [2.45, 2.75) is 20.3 Å². The molecule has 0 atom stereocenters. The summed E-state index contributed by atoms with van der Waals surface area (Å²) in [5.41, 5.74) is 1.13. The van der Waals surface area contributed by atoms with Gasteiger partial charge in [-0.3, -0.25) is 0 Å². The molecule has 0 bridgehead atoms. The van der Waals surface area contributed by atoms with E-state index in [2.05, 4.69) is 48.1 Å². The molecule has 0 aliphatic rings. The molecule has 0 aliphatic carbocycles. The minimum atomic E-state index is 0.585. The van der Waals surface area contributed by atoms with Crippen molar-refractivity contribution in [3.8, 4) is 5.75 Å². The van der Waals surface area contributed by atoms with Crippen molar-refractivity contribution in [3.63, 3.8) is 0 Å². The number of ether oxygens (including phenoxy) is 2. The largest absolute Gasteiger partial charge is 0.491 e. The van der Waals surface area contributed by atoms with Crippen LogP contribution in [0.1, 0.15) is 20.3 Å². The van der Waals surface area contributed by atoms with E-state index in [0.717, 1.165) is 44.2 Å². The summed E-state index contributed by atoms with van der Waals surface area (Å²) in [5, 5.41) is 3.48. The Hall–Kier alpha value is -1.30. The van der Waals surface area contributed by atoms with Crippen LogP contribution < -0.4 is 10.1 Å². The van der Waals surface area contributed by atoms with Gasteiger partial charge in [-0.25, -0.2) is 0 Å². The Morgan fingerprint density at radius 1 is 0.958 bits per heavy atom. The van der Waals surface area contributed by atoms with Crippen molar-refractivity contribution in [2.75, 3.05) is 72.0 Å². The van der Waals surface area contributed by atoms with E-state index in [9.17, 15) is 0 Å². The molecule has 24 heavy (non-hydrogen) atoms. The summed E-state index contributed by atoms with van der Waals surface area (Å²) in [6.45, 7) is 12.2. The first-order chi connectivity index (χ1) is 11.7. The molecule has 138 valence electrons. The number of hydrogen-bond acceptors (Lipinski definition) is 5. The van der Waals surface area contributed by atoms with Gasteiger partial charge in [0, 0.05) is 39.0 Å². The molecule has 0 radical (unpaired) electrons. The number of methoxy groups -OCH3 is 1. The third kappa shape index (κ3) is 9.11. The maximum absolute atomic E-state index is 5.57. The van der Waals surface area contributed by atoms with Crippen LogP contribution in [0.4, 0.5) is 5.69 Å². The maximum Gasteiger partial charge on any atom is 0.119 e. The predicted molar refractivity (Wildman–Crippen MR) is 102 cm³/mol. The Labute approximate surface area is 147 Å². The van der Waals surface area contributed by atoms with Crippen molar-refractivity contribution in [1.82, 2.24) is 9.80 Å². The van der Waals surface area contributed by atoms with Crippen molar-refractivity contribution in [3.05, 3.63) is 24.3 Å². The Balaban J connectivity index is 2.24. The molecule has 5 nitrogen and oxygen atoms in total. The molecule has 0 saturated carbocycles. The van der Waals surface area contributed by atoms with Gasteiger partial charge >= 0.3 is 0 Å². The highest BCUT2D eigenvalue weighted by Gasteiger charge is 2.04. The first kappa shape index (κ1) is 20.7. The molecule has 0 saturated heterocycles. The molecule has 1 aromatic rings. The number of nitrogens with zero attached hydrogens (tertiary/aromatic N) is 2. The second-order valence-corrected chi connectivity index (χ2v) is 6.03. The SMILES string of the molecule is CCCN(C)CCN(CC)CCNc1ccc(OCCOC)cc1. The van der Waals surface area contributed by atoms with Gasteiger partial charge in [0.15, 0.2) is 0 Å². The highest BCUT2D eigenvalue weighted by atomic mass is 16.5. The lowest BCUT2D eigenvalue weighted by Crippen LogP contribution is -2.36. The van der Waals surface area contributed by atoms with Crippen LogP contribution in [-0.4, -0.2) is 76.4 Å². The first-order valence-corrected chi connectivity index (χ1v) is 9.06. The van der Waals surface area contributed by atoms with Crippen LogP contribution in [0.25, 0.3) is 0 Å². The number of rotatable bonds is 14. The zero-order chi connectivity index (χ0) is 17.6. The number of likely N-dealkylation sites (N-methyl/N-ethyl adjacent to an activating group) is 2. The van der Waals surface area contributed by atoms with E-state index >= 15 is 0 Å². The van der Waals surface area contributed by atoms with Crippen LogP contribution in [0.3, 0.4) is 0 Å². The van der Waals surface area contributed by atoms with Crippen molar-refractivity contribution >= 4 is 5.69 Å². The lowest BCUT2D eigenvalue weighted by Gasteiger charge is -2.24. The summed E-state index contributed by atoms with van der Waals surface area (Å²) >= 11 is 0. The fourth-order valence-corrected chi connectivity index (χ4v) is 2.50. The van der Waals surface area contributed by atoms with Crippen LogP contribution >= 0.6 is 0 Å². The molecule has 0 aliphatic heterocycles. The normalized spacial score (nSPS) is 11.2. The molecule has 0 spiro atoms. The van der Waals surface area contributed by atoms with Gasteiger partial charge < -0.3 is 24.6 Å². The predicted octanol–water partition coefficient (Wildman–Crippen LogP) is 2.79. The molecule has 1 N–H and O–H groups in total. The second-order valence-electron chi connectivity index (χ2n) is 6.03. The van der Waals surface area contributed by atoms with Gasteiger partial charge in [-0.05, 0) is 50.8 Å². The molecule has 0 amide bonds. The molecule has 0 fully saturated rings. The quantitative estimate of drug-likeness (QED) is 0.528. The third-order valence-electron chi connectivity index (χ3n) is 4.02. The van der Waals surface area contributed by atoms with Crippen LogP contribution in [0.5, 0.6) is 5.75 Å². The summed E-state index contributed by atoms with van der Waals surface area (Å²) in [7, 11) is 3.88. The van der Waals surface area contributed by atoms with Gasteiger partial charge in [0.05, 0.1) is 6.61 Å². The van der Waals surface area contributed by atoms with Gasteiger partial charge in [0.2, 0.25) is 0 Å². The Bertz CT molecular complexity index is 412. The number of nitrogens with one attached hydrogen (secondary N) is 1. The van der Waals surface area contributed by atoms with Gasteiger partial charge in [0.25, 0.3) is 0 Å². The Morgan fingerprint density at radius 2 is 1.71 bits per heavy atom. The second kappa shape index (κ2) is 13.0. The fourth-order valence-electron chi connectivity index (χ4n) is 2.50. The van der Waals surface area contributed by atoms with Crippen LogP contribution in [0.2, 0.25) is 0 Å². The fraction of sp³-hybridized carbons (Fsp3) is 0.684. The molecular formula is C19H35N3O2. The molecule has 5 heteroatoms. The molecule has 0 aromatic heterocycles. The highest BCUT2D eigenvalue weighted by molar-refractivity contribution is 5.46. The average molecular weight is 338 g/mol. The third-order valence-corrected chi connectivity index (χ3v) is 4.02. The molecular weight excluding hydrogens is 302 g/mol. The van der Waals surface area contributed by atoms with Gasteiger partial charge in [-0.2, -0.15) is 0 Å². The number of anilines is 1. The summed E-state index contributed by atoms with van der Waals surface area (Å²) in [6.07, 6.45) is 1.22. The molecule has 1 aromatic carbocycles. The lowest BCUT2D eigenvalue weighted by molar-refractivity contribution is 0.146. The minimum Gasteiger partial charge on any atom is -0.491 e. The lowest BCUT2D eigenvalue weighted by atomic mass is 10.3. The number of hydrogen-bond donors (Lipinski definition) is 1. The van der Waals surface area contributed by atoms with E-state index in [0.29, 0.717) is 13.2 Å². The van der Waals surface area contributed by atoms with Crippen LogP contribution in [-0.2, 0) is 4.74 Å². The van der Waals surface area contributed by atoms with E-state index in [1.807, 2.05) is 12.1 Å². The topological polar surface area (TPSA) is 37.0 Å². The average Bonchev–Trinajstić information content (AvgIpc) is 2.59. The summed E-state index contributed by atoms with van der Waals surface area (Å²) in [5.74, 6) is 0.881. The maximum atomic E-state index is 5.57. The van der Waals surface area contributed by atoms with Gasteiger partial charge in [-0.1, -0.05) is 13.8 Å². The highest BCUT2D eigenvalue weighted by Crippen LogP contribution is 2.15. The van der Waals surface area contributed by atoms with Crippen molar-refractivity contribution in [2.24, 2.45) is 0 Å². The zero-order valence-corrected chi connectivity index (χ0v) is 15.9. The Morgan fingerprint density at radius 3 is 2.33 bits per heavy atom. The monoisotopic (exact) mass is 337 g/mol.